The second-order valence-electron chi connectivity index (χ2n) is 7.72. The third kappa shape index (κ3) is 9.44. The van der Waals surface area contributed by atoms with Crippen molar-refractivity contribution >= 4 is 46.3 Å². The Bertz CT molecular complexity index is 761. The van der Waals surface area contributed by atoms with Gasteiger partial charge in [-0.1, -0.05) is 81.6 Å². The molecule has 0 bridgehead atoms. The molecule has 5 nitrogen and oxygen atoms in total. The van der Waals surface area contributed by atoms with Gasteiger partial charge in [0.15, 0.2) is 0 Å². The minimum Gasteiger partial charge on any atom is -0.494 e. The summed E-state index contributed by atoms with van der Waals surface area (Å²) in [6.07, 6.45) is 11.6. The smallest absolute Gasteiger partial charge is 0.303 e. The molecule has 1 aromatic rings. The molecule has 1 fully saturated rings. The van der Waals surface area contributed by atoms with Gasteiger partial charge in [0.2, 0.25) is 0 Å². The molecule has 0 aliphatic carbocycles. The number of amides is 1. The Morgan fingerprint density at radius 1 is 1.06 bits per heavy atom. The van der Waals surface area contributed by atoms with Crippen LogP contribution in [0.3, 0.4) is 0 Å². The maximum Gasteiger partial charge on any atom is 0.303 e. The molecule has 0 atom stereocenters. The minimum absolute atomic E-state index is 0.0726. The summed E-state index contributed by atoms with van der Waals surface area (Å²) in [5.41, 5.74) is 0.939. The van der Waals surface area contributed by atoms with E-state index in [0.29, 0.717) is 22.2 Å². The number of nitrogens with zero attached hydrogens (tertiary/aromatic N) is 1. The Hall–Kier alpha value is -1.86. The van der Waals surface area contributed by atoms with Crippen LogP contribution in [0.25, 0.3) is 6.08 Å². The zero-order valence-electron chi connectivity index (χ0n) is 18.3. The Morgan fingerprint density at radius 2 is 1.74 bits per heavy atom. The average Bonchev–Trinajstić information content (AvgIpc) is 3.01. The van der Waals surface area contributed by atoms with Gasteiger partial charge in [0.1, 0.15) is 10.1 Å². The molecule has 1 aromatic carbocycles. The lowest BCUT2D eigenvalue weighted by Gasteiger charge is -2.13. The van der Waals surface area contributed by atoms with E-state index in [2.05, 4.69) is 6.92 Å². The summed E-state index contributed by atoms with van der Waals surface area (Å²) in [6.45, 7) is 3.49. The molecule has 0 saturated carbocycles. The minimum atomic E-state index is -0.785. The highest BCUT2D eigenvalue weighted by Crippen LogP contribution is 2.33. The Kier molecular flexibility index (Phi) is 11.7. The van der Waals surface area contributed by atoms with Gasteiger partial charge in [0.05, 0.1) is 11.5 Å². The van der Waals surface area contributed by atoms with Crippen molar-refractivity contribution in [2.45, 2.75) is 71.1 Å². The molecule has 1 heterocycles. The first-order chi connectivity index (χ1) is 15.0. The van der Waals surface area contributed by atoms with E-state index < -0.39 is 5.97 Å². The SMILES string of the molecule is CCCCCCCCOc1ccc(/C=C2\SC(=S)N(CCCCCC(=O)O)C2=O)cc1. The Morgan fingerprint density at radius 3 is 2.45 bits per heavy atom. The number of benzene rings is 1. The molecule has 0 radical (unpaired) electrons. The number of carbonyl (C=O) groups excluding carboxylic acids is 1. The third-order valence-corrected chi connectivity index (χ3v) is 6.47. The number of carboxylic acids is 1. The maximum atomic E-state index is 12.7. The molecule has 31 heavy (non-hydrogen) atoms. The summed E-state index contributed by atoms with van der Waals surface area (Å²) >= 11 is 6.67. The first kappa shape index (κ1) is 25.4. The molecule has 1 N–H and O–H groups in total. The highest BCUT2D eigenvalue weighted by molar-refractivity contribution is 8.26. The fourth-order valence-corrected chi connectivity index (χ4v) is 4.61. The number of carbonyl (C=O) groups is 2. The van der Waals surface area contributed by atoms with Crippen molar-refractivity contribution in [3.8, 4) is 5.75 Å². The molecule has 1 amide bonds. The van der Waals surface area contributed by atoms with Gasteiger partial charge >= 0.3 is 5.97 Å². The second kappa shape index (κ2) is 14.2. The van der Waals surface area contributed by atoms with E-state index >= 15 is 0 Å². The molecule has 0 unspecified atom stereocenters. The van der Waals surface area contributed by atoms with Crippen LogP contribution in [0.15, 0.2) is 29.2 Å². The zero-order chi connectivity index (χ0) is 22.5. The number of unbranched alkanes of at least 4 members (excludes halogenated alkanes) is 7. The normalized spacial score (nSPS) is 15.1. The van der Waals surface area contributed by atoms with Gasteiger partial charge in [-0.25, -0.2) is 0 Å². The van der Waals surface area contributed by atoms with E-state index in [1.165, 1.54) is 43.9 Å². The second-order valence-corrected chi connectivity index (χ2v) is 9.40. The summed E-state index contributed by atoms with van der Waals surface area (Å²) in [6, 6.07) is 7.78. The van der Waals surface area contributed by atoms with Crippen LogP contribution < -0.4 is 4.74 Å². The number of aliphatic carboxylic acids is 1. The molecule has 2 rings (SSSR count). The number of ether oxygens (including phenoxy) is 1. The molecule has 7 heteroatoms. The van der Waals surface area contributed by atoms with Crippen LogP contribution in [0.4, 0.5) is 0 Å². The monoisotopic (exact) mass is 463 g/mol. The topological polar surface area (TPSA) is 66.8 Å². The van der Waals surface area contributed by atoms with E-state index in [1.54, 1.807) is 4.90 Å². The standard InChI is InChI=1S/C24H33NO4S2/c1-2-3-4-5-6-10-17-29-20-14-12-19(13-15-20)18-21-23(28)25(24(30)31-21)16-9-7-8-11-22(26)27/h12-15,18H,2-11,16-17H2,1H3,(H,26,27)/b21-18-. The largest absolute Gasteiger partial charge is 0.494 e. The quantitative estimate of drug-likeness (QED) is 0.188. The summed E-state index contributed by atoms with van der Waals surface area (Å²) in [5.74, 6) is -0.0105. The van der Waals surface area contributed by atoms with Gasteiger partial charge < -0.3 is 9.84 Å². The number of thiocarbonyl (C=S) groups is 1. The van der Waals surface area contributed by atoms with E-state index in [4.69, 9.17) is 22.1 Å². The number of carboxylic acid groups (broad SMARTS) is 1. The number of thioether (sulfide) groups is 1. The van der Waals surface area contributed by atoms with Crippen LogP contribution in [-0.2, 0) is 9.59 Å². The van der Waals surface area contributed by atoms with Crippen molar-refractivity contribution in [2.75, 3.05) is 13.2 Å². The lowest BCUT2D eigenvalue weighted by Crippen LogP contribution is -2.29. The van der Waals surface area contributed by atoms with Gasteiger partial charge in [-0.2, -0.15) is 0 Å². The van der Waals surface area contributed by atoms with Gasteiger partial charge in [-0.15, -0.1) is 0 Å². The molecule has 1 saturated heterocycles. The van der Waals surface area contributed by atoms with Crippen LogP contribution in [0, 0.1) is 0 Å². The Balaban J connectivity index is 1.76. The van der Waals surface area contributed by atoms with Crippen LogP contribution >= 0.6 is 24.0 Å². The first-order valence-corrected chi connectivity index (χ1v) is 12.4. The first-order valence-electron chi connectivity index (χ1n) is 11.2. The van der Waals surface area contributed by atoms with Crippen LogP contribution in [0.5, 0.6) is 5.75 Å². The van der Waals surface area contributed by atoms with Gasteiger partial charge in [0.25, 0.3) is 5.91 Å². The summed E-state index contributed by atoms with van der Waals surface area (Å²) in [5, 5.41) is 8.69. The summed E-state index contributed by atoms with van der Waals surface area (Å²) in [4.78, 5) is 25.5. The Labute approximate surface area is 195 Å². The fraction of sp³-hybridized carbons (Fsp3) is 0.542. The molecule has 170 valence electrons. The predicted molar refractivity (Wildman–Crippen MR) is 131 cm³/mol. The number of rotatable bonds is 15. The number of hydrogen-bond donors (Lipinski definition) is 1. The van der Waals surface area contributed by atoms with Crippen LogP contribution in [0.2, 0.25) is 0 Å². The predicted octanol–water partition coefficient (Wildman–Crippen LogP) is 6.27. The van der Waals surface area contributed by atoms with Crippen molar-refractivity contribution in [3.05, 3.63) is 34.7 Å². The lowest BCUT2D eigenvalue weighted by molar-refractivity contribution is -0.137. The highest BCUT2D eigenvalue weighted by Gasteiger charge is 2.31. The summed E-state index contributed by atoms with van der Waals surface area (Å²) in [7, 11) is 0. The van der Waals surface area contributed by atoms with Gasteiger partial charge in [0, 0.05) is 13.0 Å². The average molecular weight is 464 g/mol. The van der Waals surface area contributed by atoms with Gasteiger partial charge in [-0.3, -0.25) is 14.5 Å². The van der Waals surface area contributed by atoms with Crippen LogP contribution in [-0.4, -0.2) is 39.4 Å². The van der Waals surface area contributed by atoms with Crippen molar-refractivity contribution in [3.63, 3.8) is 0 Å². The highest BCUT2D eigenvalue weighted by atomic mass is 32.2. The summed E-state index contributed by atoms with van der Waals surface area (Å²) < 4.78 is 6.38. The molecule has 0 aromatic heterocycles. The van der Waals surface area contributed by atoms with E-state index in [1.807, 2.05) is 30.3 Å². The molecule has 1 aliphatic heterocycles. The molecule has 0 spiro atoms. The lowest BCUT2D eigenvalue weighted by atomic mass is 10.1. The fourth-order valence-electron chi connectivity index (χ4n) is 3.30. The van der Waals surface area contributed by atoms with E-state index in [-0.39, 0.29) is 12.3 Å². The zero-order valence-corrected chi connectivity index (χ0v) is 19.9. The van der Waals surface area contributed by atoms with Crippen molar-refractivity contribution < 1.29 is 19.4 Å². The third-order valence-electron chi connectivity index (χ3n) is 5.09. The van der Waals surface area contributed by atoms with Crippen molar-refractivity contribution in [1.29, 1.82) is 0 Å². The van der Waals surface area contributed by atoms with Crippen molar-refractivity contribution in [2.24, 2.45) is 0 Å². The van der Waals surface area contributed by atoms with Crippen molar-refractivity contribution in [1.82, 2.24) is 4.90 Å². The maximum absolute atomic E-state index is 12.7. The molecular formula is C24H33NO4S2. The van der Waals surface area contributed by atoms with Gasteiger partial charge in [-0.05, 0) is 43.0 Å². The molecular weight excluding hydrogens is 430 g/mol. The van der Waals surface area contributed by atoms with Crippen LogP contribution in [0.1, 0.15) is 76.7 Å². The number of hydrogen-bond acceptors (Lipinski definition) is 5. The molecule has 1 aliphatic rings. The van der Waals surface area contributed by atoms with E-state index in [0.717, 1.165) is 37.2 Å². The van der Waals surface area contributed by atoms with E-state index in [9.17, 15) is 9.59 Å².